The summed E-state index contributed by atoms with van der Waals surface area (Å²) < 4.78 is 0. The van der Waals surface area contributed by atoms with Crippen LogP contribution in [0.1, 0.15) is 50.7 Å². The molecule has 0 amide bonds. The van der Waals surface area contributed by atoms with Gasteiger partial charge < -0.3 is 0 Å². The summed E-state index contributed by atoms with van der Waals surface area (Å²) in [6.45, 7) is 6.96. The summed E-state index contributed by atoms with van der Waals surface area (Å²) in [7, 11) is 0. The van der Waals surface area contributed by atoms with Gasteiger partial charge in [-0.05, 0) is 29.4 Å². The molecule has 2 aromatic rings. The highest BCUT2D eigenvalue weighted by Crippen LogP contribution is 2.33. The standard InChI is InChI=1S/C19H24/c1-19(2,3)15-14-18(16-10-6-4-7-11-16)17-12-8-5-9-13-17/h4-13,18H,14-15H2,1-3H3. The molecule has 0 N–H and O–H groups in total. The fraction of sp³-hybridized carbons (Fsp3) is 0.368. The molecule has 0 aliphatic carbocycles. The molecule has 0 heteroatoms. The van der Waals surface area contributed by atoms with Crippen LogP contribution in [-0.2, 0) is 0 Å². The molecule has 0 saturated carbocycles. The van der Waals surface area contributed by atoms with Crippen molar-refractivity contribution in [3.05, 3.63) is 71.8 Å². The van der Waals surface area contributed by atoms with E-state index in [-0.39, 0.29) is 0 Å². The predicted molar refractivity (Wildman–Crippen MR) is 83.4 cm³/mol. The Hall–Kier alpha value is -1.56. The van der Waals surface area contributed by atoms with Gasteiger partial charge in [0.25, 0.3) is 0 Å². The Balaban J connectivity index is 2.24. The number of hydrogen-bond acceptors (Lipinski definition) is 0. The first-order valence-corrected chi connectivity index (χ1v) is 7.16. The molecule has 0 atom stereocenters. The van der Waals surface area contributed by atoms with E-state index in [0.29, 0.717) is 11.3 Å². The van der Waals surface area contributed by atoms with E-state index < -0.39 is 0 Å². The second-order valence-corrected chi connectivity index (χ2v) is 6.47. The molecule has 19 heavy (non-hydrogen) atoms. The number of hydrogen-bond donors (Lipinski definition) is 0. The van der Waals surface area contributed by atoms with Gasteiger partial charge in [-0.1, -0.05) is 81.4 Å². The third-order valence-corrected chi connectivity index (χ3v) is 3.59. The first-order valence-electron chi connectivity index (χ1n) is 7.16. The third-order valence-electron chi connectivity index (χ3n) is 3.59. The van der Waals surface area contributed by atoms with Crippen molar-refractivity contribution in [2.75, 3.05) is 0 Å². The molecule has 0 bridgehead atoms. The molecule has 0 saturated heterocycles. The van der Waals surface area contributed by atoms with Gasteiger partial charge in [-0.3, -0.25) is 0 Å². The Morgan fingerprint density at radius 3 is 1.53 bits per heavy atom. The molecule has 0 aromatic heterocycles. The molecule has 2 aromatic carbocycles. The smallest absolute Gasteiger partial charge is 0.00895 e. The molecular formula is C19H24. The van der Waals surface area contributed by atoms with Gasteiger partial charge in [0.2, 0.25) is 0 Å². The lowest BCUT2D eigenvalue weighted by Crippen LogP contribution is -2.09. The van der Waals surface area contributed by atoms with Crippen molar-refractivity contribution >= 4 is 0 Å². The van der Waals surface area contributed by atoms with Crippen molar-refractivity contribution in [1.29, 1.82) is 0 Å². The van der Waals surface area contributed by atoms with Crippen LogP contribution in [0, 0.1) is 5.41 Å². The van der Waals surface area contributed by atoms with E-state index in [1.54, 1.807) is 0 Å². The van der Waals surface area contributed by atoms with Crippen LogP contribution < -0.4 is 0 Å². The van der Waals surface area contributed by atoms with Gasteiger partial charge in [0.1, 0.15) is 0 Å². The largest absolute Gasteiger partial charge is 0.0622 e. The Morgan fingerprint density at radius 2 is 1.16 bits per heavy atom. The first kappa shape index (κ1) is 13.9. The van der Waals surface area contributed by atoms with Crippen LogP contribution in [0.25, 0.3) is 0 Å². The zero-order valence-corrected chi connectivity index (χ0v) is 12.3. The minimum atomic E-state index is 0.391. The SMILES string of the molecule is CC(C)(C)CCC(c1ccccc1)c1ccccc1. The highest BCUT2D eigenvalue weighted by atomic mass is 14.2. The fourth-order valence-corrected chi connectivity index (χ4v) is 2.47. The molecular weight excluding hydrogens is 228 g/mol. The van der Waals surface area contributed by atoms with E-state index in [2.05, 4.69) is 81.4 Å². The van der Waals surface area contributed by atoms with Gasteiger partial charge in [-0.25, -0.2) is 0 Å². The lowest BCUT2D eigenvalue weighted by molar-refractivity contribution is 0.356. The fourth-order valence-electron chi connectivity index (χ4n) is 2.47. The molecule has 0 aliphatic heterocycles. The van der Waals surface area contributed by atoms with Crippen LogP contribution in [0.5, 0.6) is 0 Å². The Morgan fingerprint density at radius 1 is 0.737 bits per heavy atom. The molecule has 0 unspecified atom stereocenters. The summed E-state index contributed by atoms with van der Waals surface area (Å²) in [6.07, 6.45) is 2.44. The lowest BCUT2D eigenvalue weighted by atomic mass is 9.81. The maximum Gasteiger partial charge on any atom is 0.00895 e. The summed E-state index contributed by atoms with van der Waals surface area (Å²) in [5.74, 6) is 0.515. The topological polar surface area (TPSA) is 0 Å². The van der Waals surface area contributed by atoms with Gasteiger partial charge in [0.05, 0.1) is 0 Å². The summed E-state index contributed by atoms with van der Waals surface area (Å²) in [6, 6.07) is 21.8. The van der Waals surface area contributed by atoms with Crippen molar-refractivity contribution < 1.29 is 0 Å². The molecule has 2 rings (SSSR count). The van der Waals surface area contributed by atoms with E-state index in [4.69, 9.17) is 0 Å². The van der Waals surface area contributed by atoms with Gasteiger partial charge >= 0.3 is 0 Å². The van der Waals surface area contributed by atoms with Crippen LogP contribution in [0.2, 0.25) is 0 Å². The maximum atomic E-state index is 2.32. The highest BCUT2D eigenvalue weighted by molar-refractivity contribution is 5.32. The zero-order chi connectivity index (χ0) is 13.7. The Labute approximate surface area is 117 Å². The minimum absolute atomic E-state index is 0.391. The van der Waals surface area contributed by atoms with Crippen LogP contribution >= 0.6 is 0 Å². The summed E-state index contributed by atoms with van der Waals surface area (Å²) in [5, 5.41) is 0. The molecule has 0 aliphatic rings. The molecule has 0 nitrogen and oxygen atoms in total. The lowest BCUT2D eigenvalue weighted by Gasteiger charge is -2.24. The second kappa shape index (κ2) is 6.06. The molecule has 0 fully saturated rings. The monoisotopic (exact) mass is 252 g/mol. The van der Waals surface area contributed by atoms with Gasteiger partial charge in [0.15, 0.2) is 0 Å². The second-order valence-electron chi connectivity index (χ2n) is 6.47. The van der Waals surface area contributed by atoms with Crippen LogP contribution in [0.4, 0.5) is 0 Å². The van der Waals surface area contributed by atoms with E-state index >= 15 is 0 Å². The van der Waals surface area contributed by atoms with E-state index in [0.717, 1.165) is 0 Å². The number of rotatable bonds is 4. The van der Waals surface area contributed by atoms with Gasteiger partial charge in [0, 0.05) is 5.92 Å². The average molecular weight is 252 g/mol. The summed E-state index contributed by atoms with van der Waals surface area (Å²) >= 11 is 0. The minimum Gasteiger partial charge on any atom is -0.0622 e. The molecule has 0 radical (unpaired) electrons. The van der Waals surface area contributed by atoms with Crippen LogP contribution in [0.15, 0.2) is 60.7 Å². The van der Waals surface area contributed by atoms with E-state index in [1.807, 2.05) is 0 Å². The zero-order valence-electron chi connectivity index (χ0n) is 12.3. The molecule has 0 spiro atoms. The first-order chi connectivity index (χ1) is 9.06. The highest BCUT2D eigenvalue weighted by Gasteiger charge is 2.18. The third kappa shape index (κ3) is 4.24. The summed E-state index contributed by atoms with van der Waals surface area (Å²) in [5.41, 5.74) is 3.25. The van der Waals surface area contributed by atoms with Crippen molar-refractivity contribution in [3.63, 3.8) is 0 Å². The average Bonchev–Trinajstić information content (AvgIpc) is 2.40. The quantitative estimate of drug-likeness (QED) is 0.660. The molecule has 100 valence electrons. The molecule has 0 heterocycles. The Bertz CT molecular complexity index is 437. The Kier molecular flexibility index (Phi) is 4.42. The maximum absolute atomic E-state index is 2.32. The van der Waals surface area contributed by atoms with Crippen LogP contribution in [-0.4, -0.2) is 0 Å². The summed E-state index contributed by atoms with van der Waals surface area (Å²) in [4.78, 5) is 0. The van der Waals surface area contributed by atoms with Crippen molar-refractivity contribution in [3.8, 4) is 0 Å². The number of benzene rings is 2. The van der Waals surface area contributed by atoms with Gasteiger partial charge in [-0.15, -0.1) is 0 Å². The van der Waals surface area contributed by atoms with Crippen molar-refractivity contribution in [2.45, 2.75) is 39.5 Å². The van der Waals surface area contributed by atoms with Crippen LogP contribution in [0.3, 0.4) is 0 Å². The van der Waals surface area contributed by atoms with E-state index in [1.165, 1.54) is 24.0 Å². The van der Waals surface area contributed by atoms with Gasteiger partial charge in [-0.2, -0.15) is 0 Å². The predicted octanol–water partition coefficient (Wildman–Crippen LogP) is 5.64. The van der Waals surface area contributed by atoms with Crippen molar-refractivity contribution in [1.82, 2.24) is 0 Å². The van der Waals surface area contributed by atoms with E-state index in [9.17, 15) is 0 Å². The normalized spacial score (nSPS) is 11.8. The van der Waals surface area contributed by atoms with Crippen molar-refractivity contribution in [2.24, 2.45) is 5.41 Å².